The summed E-state index contributed by atoms with van der Waals surface area (Å²) in [7, 11) is 0. The second-order valence-electron chi connectivity index (χ2n) is 4.17. The molecule has 0 aliphatic heterocycles. The van der Waals surface area contributed by atoms with Gasteiger partial charge in [-0.2, -0.15) is 4.98 Å². The Balaban J connectivity index is 1.56. The molecule has 3 aromatic heterocycles. The summed E-state index contributed by atoms with van der Waals surface area (Å²) in [6.45, 7) is 1.73. The Morgan fingerprint density at radius 3 is 3.11 bits per heavy atom. The van der Waals surface area contributed by atoms with Gasteiger partial charge in [-0.25, -0.2) is 9.50 Å². The molecule has 7 heteroatoms. The van der Waals surface area contributed by atoms with E-state index in [2.05, 4.69) is 20.4 Å². The summed E-state index contributed by atoms with van der Waals surface area (Å²) in [5.74, 6) is 0.618. The number of hydrogen-bond acceptors (Lipinski definition) is 4. The molecule has 0 atom stereocenters. The highest BCUT2D eigenvalue weighted by Crippen LogP contribution is 2.11. The van der Waals surface area contributed by atoms with Crippen molar-refractivity contribution in [3.05, 3.63) is 42.1 Å². The highest BCUT2D eigenvalue weighted by Gasteiger charge is 2.02. The van der Waals surface area contributed by atoms with E-state index in [1.807, 2.05) is 23.2 Å². The van der Waals surface area contributed by atoms with Crippen molar-refractivity contribution in [2.45, 2.75) is 13.0 Å². The molecule has 3 rings (SSSR count). The fourth-order valence-corrected chi connectivity index (χ4v) is 1.97. The van der Waals surface area contributed by atoms with Crippen LogP contribution in [0.4, 0.5) is 5.95 Å². The Bertz CT molecular complexity index is 660. The van der Waals surface area contributed by atoms with E-state index in [9.17, 15) is 0 Å². The average Bonchev–Trinajstić information content (AvgIpc) is 3.02. The normalized spacial score (nSPS) is 11.0. The van der Waals surface area contributed by atoms with E-state index in [0.29, 0.717) is 11.0 Å². The van der Waals surface area contributed by atoms with Gasteiger partial charge in [-0.1, -0.05) is 11.6 Å². The van der Waals surface area contributed by atoms with Crippen LogP contribution < -0.4 is 5.32 Å². The number of aromatic nitrogens is 5. The maximum atomic E-state index is 5.89. The van der Waals surface area contributed by atoms with Crippen LogP contribution in [0, 0.1) is 0 Å². The average molecular weight is 277 g/mol. The summed E-state index contributed by atoms with van der Waals surface area (Å²) in [5, 5.41) is 8.14. The first kappa shape index (κ1) is 12.0. The van der Waals surface area contributed by atoms with E-state index in [0.717, 1.165) is 25.2 Å². The number of rotatable bonds is 5. The molecule has 0 aromatic carbocycles. The molecule has 0 radical (unpaired) electrons. The molecule has 3 aromatic rings. The second-order valence-corrected chi connectivity index (χ2v) is 4.60. The van der Waals surface area contributed by atoms with Gasteiger partial charge in [-0.15, -0.1) is 5.10 Å². The number of anilines is 1. The van der Waals surface area contributed by atoms with E-state index in [4.69, 9.17) is 11.6 Å². The van der Waals surface area contributed by atoms with Gasteiger partial charge in [-0.3, -0.25) is 0 Å². The molecule has 1 N–H and O–H groups in total. The number of imidazole rings is 1. The van der Waals surface area contributed by atoms with Crippen LogP contribution in [0.2, 0.25) is 5.02 Å². The van der Waals surface area contributed by atoms with Crippen molar-refractivity contribution in [2.75, 3.05) is 11.9 Å². The van der Waals surface area contributed by atoms with Gasteiger partial charge in [0.15, 0.2) is 5.65 Å². The Morgan fingerprint density at radius 1 is 1.32 bits per heavy atom. The van der Waals surface area contributed by atoms with E-state index in [1.165, 1.54) is 0 Å². The molecule has 0 unspecified atom stereocenters. The third-order valence-electron chi connectivity index (χ3n) is 2.73. The minimum atomic E-state index is 0.618. The molecule has 0 spiro atoms. The molecule has 0 saturated heterocycles. The van der Waals surface area contributed by atoms with Crippen molar-refractivity contribution < 1.29 is 0 Å². The molecule has 0 aliphatic carbocycles. The molecular formula is C12H13ClN6. The molecule has 98 valence electrons. The SMILES string of the molecule is Clc1ccc2nc(NCCCn3ccnc3)nn2c1. The first-order chi connectivity index (χ1) is 9.31. The fourth-order valence-electron chi connectivity index (χ4n) is 1.81. The third kappa shape index (κ3) is 2.85. The molecule has 3 heterocycles. The topological polar surface area (TPSA) is 60.0 Å². The summed E-state index contributed by atoms with van der Waals surface area (Å²) in [5.41, 5.74) is 0.779. The van der Waals surface area contributed by atoms with Gasteiger partial charge >= 0.3 is 0 Å². The predicted molar refractivity (Wildman–Crippen MR) is 73.3 cm³/mol. The van der Waals surface area contributed by atoms with Crippen LogP contribution >= 0.6 is 11.6 Å². The zero-order valence-electron chi connectivity index (χ0n) is 10.2. The minimum absolute atomic E-state index is 0.618. The summed E-state index contributed by atoms with van der Waals surface area (Å²) in [6.07, 6.45) is 8.25. The van der Waals surface area contributed by atoms with E-state index >= 15 is 0 Å². The van der Waals surface area contributed by atoms with Crippen molar-refractivity contribution in [1.82, 2.24) is 24.1 Å². The van der Waals surface area contributed by atoms with Crippen molar-refractivity contribution in [3.8, 4) is 0 Å². The number of hydrogen-bond donors (Lipinski definition) is 1. The van der Waals surface area contributed by atoms with Crippen LogP contribution in [0.3, 0.4) is 0 Å². The Labute approximate surface area is 115 Å². The summed E-state index contributed by atoms with van der Waals surface area (Å²) >= 11 is 5.89. The standard InChI is InChI=1S/C12H13ClN6/c13-10-2-3-11-16-12(17-19(11)8-10)15-4-1-6-18-7-5-14-9-18/h2-3,5,7-9H,1,4,6H2,(H,15,17). The number of aryl methyl sites for hydroxylation is 1. The maximum Gasteiger partial charge on any atom is 0.243 e. The Morgan fingerprint density at radius 2 is 2.26 bits per heavy atom. The quantitative estimate of drug-likeness (QED) is 0.725. The summed E-state index contributed by atoms with van der Waals surface area (Å²) < 4.78 is 3.71. The minimum Gasteiger partial charge on any atom is -0.353 e. The lowest BCUT2D eigenvalue weighted by Crippen LogP contribution is -2.06. The Kier molecular flexibility index (Phi) is 3.33. The number of nitrogens with one attached hydrogen (secondary N) is 1. The van der Waals surface area contributed by atoms with Crippen molar-refractivity contribution in [1.29, 1.82) is 0 Å². The van der Waals surface area contributed by atoms with Crippen LogP contribution in [-0.2, 0) is 6.54 Å². The highest BCUT2D eigenvalue weighted by atomic mass is 35.5. The van der Waals surface area contributed by atoms with Crippen LogP contribution in [0.15, 0.2) is 37.1 Å². The lowest BCUT2D eigenvalue weighted by molar-refractivity contribution is 0.659. The monoisotopic (exact) mass is 276 g/mol. The Hall–Kier alpha value is -2.08. The zero-order valence-corrected chi connectivity index (χ0v) is 11.0. The molecule has 0 saturated carbocycles. The van der Waals surface area contributed by atoms with E-state index < -0.39 is 0 Å². The van der Waals surface area contributed by atoms with Gasteiger partial charge in [0.25, 0.3) is 0 Å². The van der Waals surface area contributed by atoms with Gasteiger partial charge in [-0.05, 0) is 18.6 Å². The summed E-state index contributed by atoms with van der Waals surface area (Å²) in [6, 6.07) is 3.64. The van der Waals surface area contributed by atoms with Crippen LogP contribution in [0.5, 0.6) is 0 Å². The smallest absolute Gasteiger partial charge is 0.243 e. The van der Waals surface area contributed by atoms with Crippen LogP contribution in [0.1, 0.15) is 6.42 Å². The van der Waals surface area contributed by atoms with Gasteiger partial charge in [0.05, 0.1) is 11.3 Å². The van der Waals surface area contributed by atoms with Crippen molar-refractivity contribution in [3.63, 3.8) is 0 Å². The van der Waals surface area contributed by atoms with Crippen molar-refractivity contribution >= 4 is 23.2 Å². The maximum absolute atomic E-state index is 5.89. The van der Waals surface area contributed by atoms with Gasteiger partial charge in [0, 0.05) is 31.7 Å². The molecule has 0 bridgehead atoms. The third-order valence-corrected chi connectivity index (χ3v) is 2.95. The lowest BCUT2D eigenvalue weighted by atomic mass is 10.4. The van der Waals surface area contributed by atoms with Gasteiger partial charge in [0.1, 0.15) is 0 Å². The molecule has 0 aliphatic rings. The number of fused-ring (bicyclic) bond motifs is 1. The van der Waals surface area contributed by atoms with E-state index in [-0.39, 0.29) is 0 Å². The molecule has 19 heavy (non-hydrogen) atoms. The summed E-state index contributed by atoms with van der Waals surface area (Å²) in [4.78, 5) is 8.35. The number of nitrogens with zero attached hydrogens (tertiary/aromatic N) is 5. The van der Waals surface area contributed by atoms with Gasteiger partial charge in [0.2, 0.25) is 5.95 Å². The number of halogens is 1. The molecule has 0 amide bonds. The number of pyridine rings is 1. The fraction of sp³-hybridized carbons (Fsp3) is 0.250. The molecule has 0 fully saturated rings. The van der Waals surface area contributed by atoms with Crippen LogP contribution in [0.25, 0.3) is 5.65 Å². The largest absolute Gasteiger partial charge is 0.353 e. The molecular weight excluding hydrogens is 264 g/mol. The van der Waals surface area contributed by atoms with Crippen LogP contribution in [-0.4, -0.2) is 30.7 Å². The first-order valence-corrected chi connectivity index (χ1v) is 6.40. The molecule has 6 nitrogen and oxygen atoms in total. The highest BCUT2D eigenvalue weighted by molar-refractivity contribution is 6.30. The van der Waals surface area contributed by atoms with E-state index in [1.54, 1.807) is 23.0 Å². The van der Waals surface area contributed by atoms with Gasteiger partial charge < -0.3 is 9.88 Å². The van der Waals surface area contributed by atoms with Crippen molar-refractivity contribution in [2.24, 2.45) is 0 Å². The second kappa shape index (κ2) is 5.27. The first-order valence-electron chi connectivity index (χ1n) is 6.03. The predicted octanol–water partition coefficient (Wildman–Crippen LogP) is 2.08. The zero-order chi connectivity index (χ0) is 13.1. The lowest BCUT2D eigenvalue weighted by Gasteiger charge is -2.02.